The van der Waals surface area contributed by atoms with Crippen molar-refractivity contribution < 1.29 is 4.79 Å². The van der Waals surface area contributed by atoms with E-state index in [0.29, 0.717) is 5.56 Å². The highest BCUT2D eigenvalue weighted by Gasteiger charge is 2.07. The van der Waals surface area contributed by atoms with Gasteiger partial charge in [-0.25, -0.2) is 0 Å². The lowest BCUT2D eigenvalue weighted by Crippen LogP contribution is -2.12. The summed E-state index contributed by atoms with van der Waals surface area (Å²) >= 11 is 6.83. The summed E-state index contributed by atoms with van der Waals surface area (Å²) in [7, 11) is 0. The van der Waals surface area contributed by atoms with Gasteiger partial charge in [-0.3, -0.25) is 4.79 Å². The van der Waals surface area contributed by atoms with Crippen molar-refractivity contribution in [2.75, 3.05) is 5.32 Å². The molecule has 0 saturated heterocycles. The molecule has 2 rings (SSSR count). The van der Waals surface area contributed by atoms with Crippen LogP contribution in [0.15, 0.2) is 46.9 Å². The smallest absolute Gasteiger partial charge is 0.255 e. The van der Waals surface area contributed by atoms with E-state index in [4.69, 9.17) is 0 Å². The van der Waals surface area contributed by atoms with Gasteiger partial charge < -0.3 is 5.32 Å². The minimum atomic E-state index is -0.0951. The number of carbonyl (C=O) groups is 1. The van der Waals surface area contributed by atoms with Gasteiger partial charge in [-0.1, -0.05) is 44.0 Å². The summed E-state index contributed by atoms with van der Waals surface area (Å²) in [5, 5.41) is 3.68. The molecule has 0 radical (unpaired) electrons. The molecule has 0 aliphatic rings. The Bertz CT molecular complexity index is 611. The Morgan fingerprint density at radius 2 is 2.00 bits per heavy atom. The monoisotopic (exact) mass is 381 g/mol. The number of halogens is 2. The van der Waals surface area contributed by atoms with Crippen molar-refractivity contribution in [3.05, 3.63) is 63.6 Å². The summed E-state index contributed by atoms with van der Waals surface area (Å²) < 4.78 is 1.00. The van der Waals surface area contributed by atoms with Crippen molar-refractivity contribution in [1.82, 2.24) is 0 Å². The normalized spacial score (nSPS) is 10.3. The average molecular weight is 383 g/mol. The van der Waals surface area contributed by atoms with Gasteiger partial charge in [0.2, 0.25) is 0 Å². The van der Waals surface area contributed by atoms with Gasteiger partial charge in [0, 0.05) is 21.1 Å². The van der Waals surface area contributed by atoms with Gasteiger partial charge in [-0.2, -0.15) is 0 Å². The number of rotatable bonds is 3. The number of aryl methyl sites for hydroxylation is 1. The summed E-state index contributed by atoms with van der Waals surface area (Å²) in [5.41, 5.74) is 3.64. The number of hydrogen-bond acceptors (Lipinski definition) is 1. The summed E-state index contributed by atoms with van der Waals surface area (Å²) in [6, 6.07) is 13.3. The summed E-state index contributed by atoms with van der Waals surface area (Å²) in [4.78, 5) is 12.1. The van der Waals surface area contributed by atoms with Crippen LogP contribution in [-0.4, -0.2) is 5.91 Å². The molecule has 0 bridgehead atoms. The third-order valence-corrected chi connectivity index (χ3v) is 4.30. The number of alkyl halides is 1. The van der Waals surface area contributed by atoms with Crippen LogP contribution in [0.1, 0.15) is 21.5 Å². The third kappa shape index (κ3) is 3.67. The topological polar surface area (TPSA) is 29.1 Å². The van der Waals surface area contributed by atoms with Crippen LogP contribution in [0.5, 0.6) is 0 Å². The largest absolute Gasteiger partial charge is 0.322 e. The molecule has 19 heavy (non-hydrogen) atoms. The number of nitrogens with one attached hydrogen (secondary N) is 1. The molecule has 1 N–H and O–H groups in total. The molecule has 0 aromatic heterocycles. The molecule has 0 aliphatic heterocycles. The van der Waals surface area contributed by atoms with Gasteiger partial charge in [0.25, 0.3) is 5.91 Å². The maximum absolute atomic E-state index is 12.1. The van der Waals surface area contributed by atoms with E-state index in [1.54, 1.807) is 6.07 Å². The highest BCUT2D eigenvalue weighted by atomic mass is 79.9. The highest BCUT2D eigenvalue weighted by molar-refractivity contribution is 9.10. The van der Waals surface area contributed by atoms with Crippen LogP contribution in [0.3, 0.4) is 0 Å². The van der Waals surface area contributed by atoms with Crippen molar-refractivity contribution in [1.29, 1.82) is 0 Å². The Hall–Kier alpha value is -1.13. The van der Waals surface area contributed by atoms with E-state index in [1.165, 1.54) is 0 Å². The second-order valence-electron chi connectivity index (χ2n) is 4.25. The Morgan fingerprint density at radius 1 is 1.21 bits per heavy atom. The molecule has 0 saturated carbocycles. The van der Waals surface area contributed by atoms with Crippen molar-refractivity contribution in [2.24, 2.45) is 0 Å². The number of benzene rings is 2. The first-order valence-electron chi connectivity index (χ1n) is 5.82. The second kappa shape index (κ2) is 6.35. The van der Waals surface area contributed by atoms with E-state index < -0.39 is 0 Å². The first-order chi connectivity index (χ1) is 9.10. The zero-order chi connectivity index (χ0) is 13.8. The van der Waals surface area contributed by atoms with Crippen LogP contribution in [0.25, 0.3) is 0 Å². The van der Waals surface area contributed by atoms with E-state index in [-0.39, 0.29) is 5.91 Å². The third-order valence-electron chi connectivity index (χ3n) is 2.76. The van der Waals surface area contributed by atoms with E-state index in [2.05, 4.69) is 37.2 Å². The molecule has 2 nitrogen and oxygen atoms in total. The molecule has 0 spiro atoms. The highest BCUT2D eigenvalue weighted by Crippen LogP contribution is 2.19. The minimum Gasteiger partial charge on any atom is -0.322 e. The molecule has 0 atom stereocenters. The van der Waals surface area contributed by atoms with Gasteiger partial charge in [-0.05, 0) is 48.4 Å². The van der Waals surface area contributed by atoms with Gasteiger partial charge in [0.05, 0.1) is 0 Å². The predicted octanol–water partition coefficient (Wildman–Crippen LogP) is 4.90. The summed E-state index contributed by atoms with van der Waals surface area (Å²) in [5.74, 6) is -0.0951. The van der Waals surface area contributed by atoms with Gasteiger partial charge in [0.15, 0.2) is 0 Å². The Kier molecular flexibility index (Phi) is 4.77. The molecule has 0 aliphatic carbocycles. The number of amides is 1. The lowest BCUT2D eigenvalue weighted by atomic mass is 10.1. The van der Waals surface area contributed by atoms with Gasteiger partial charge >= 0.3 is 0 Å². The minimum absolute atomic E-state index is 0.0951. The predicted molar refractivity (Wildman–Crippen MR) is 85.9 cm³/mol. The fourth-order valence-corrected chi connectivity index (χ4v) is 2.32. The Morgan fingerprint density at radius 3 is 2.68 bits per heavy atom. The second-order valence-corrected chi connectivity index (χ2v) is 5.67. The van der Waals surface area contributed by atoms with Crippen LogP contribution >= 0.6 is 31.9 Å². The standard InChI is InChI=1S/C15H13Br2NO/c1-10-7-12(5-6-14(10)17)15(19)18-13-4-2-3-11(8-13)9-16/h2-8H,9H2,1H3,(H,18,19). The number of hydrogen-bond donors (Lipinski definition) is 1. The lowest BCUT2D eigenvalue weighted by molar-refractivity contribution is 0.102. The summed E-state index contributed by atoms with van der Waals surface area (Å²) in [6.45, 7) is 1.96. The average Bonchev–Trinajstić information content (AvgIpc) is 2.42. The van der Waals surface area contributed by atoms with Crippen LogP contribution in [-0.2, 0) is 5.33 Å². The number of carbonyl (C=O) groups excluding carboxylic acids is 1. The first kappa shape index (κ1) is 14.3. The fraction of sp³-hybridized carbons (Fsp3) is 0.133. The molecular formula is C15H13Br2NO. The molecule has 4 heteroatoms. The number of anilines is 1. The van der Waals surface area contributed by atoms with Crippen LogP contribution in [0.4, 0.5) is 5.69 Å². The molecule has 0 fully saturated rings. The molecule has 1 amide bonds. The van der Waals surface area contributed by atoms with E-state index in [9.17, 15) is 4.79 Å². The molecule has 2 aromatic carbocycles. The maximum atomic E-state index is 12.1. The zero-order valence-corrected chi connectivity index (χ0v) is 13.6. The summed E-state index contributed by atoms with van der Waals surface area (Å²) in [6.07, 6.45) is 0. The van der Waals surface area contributed by atoms with Crippen molar-refractivity contribution in [2.45, 2.75) is 12.3 Å². The van der Waals surface area contributed by atoms with E-state index in [0.717, 1.165) is 26.6 Å². The first-order valence-corrected chi connectivity index (χ1v) is 7.74. The van der Waals surface area contributed by atoms with Crippen molar-refractivity contribution >= 4 is 43.5 Å². The van der Waals surface area contributed by atoms with E-state index >= 15 is 0 Å². The van der Waals surface area contributed by atoms with Crippen LogP contribution in [0, 0.1) is 6.92 Å². The SMILES string of the molecule is Cc1cc(C(=O)Nc2cccc(CBr)c2)ccc1Br. The Balaban J connectivity index is 2.18. The molecule has 2 aromatic rings. The van der Waals surface area contributed by atoms with Gasteiger partial charge in [0.1, 0.15) is 0 Å². The molecule has 0 heterocycles. The van der Waals surface area contributed by atoms with Crippen LogP contribution in [0.2, 0.25) is 0 Å². The zero-order valence-electron chi connectivity index (χ0n) is 10.4. The quantitative estimate of drug-likeness (QED) is 0.751. The van der Waals surface area contributed by atoms with E-state index in [1.807, 2.05) is 43.3 Å². The Labute approximate surface area is 129 Å². The van der Waals surface area contributed by atoms with Crippen molar-refractivity contribution in [3.63, 3.8) is 0 Å². The fourth-order valence-electron chi connectivity index (χ4n) is 1.72. The molecule has 98 valence electrons. The van der Waals surface area contributed by atoms with Crippen molar-refractivity contribution in [3.8, 4) is 0 Å². The lowest BCUT2D eigenvalue weighted by Gasteiger charge is -2.07. The van der Waals surface area contributed by atoms with Gasteiger partial charge in [-0.15, -0.1) is 0 Å². The molecule has 0 unspecified atom stereocenters. The molecular weight excluding hydrogens is 370 g/mol. The maximum Gasteiger partial charge on any atom is 0.255 e. The van der Waals surface area contributed by atoms with Crippen LogP contribution < -0.4 is 5.32 Å².